The van der Waals surface area contributed by atoms with E-state index in [1.54, 1.807) is 50.5 Å². The first-order valence-electron chi connectivity index (χ1n) is 15.8. The SMILES string of the molecule is Cc1ncsc1-c1ccc([C@H]2NC(=O)[C@@H]3C[C@H](O)CN3C(=O)C(C(C)(C)C)NC(=O)CSC[C@H](C(N)=O)NC(=O)CNC(=O)CNC2=O)cc1. The van der Waals surface area contributed by atoms with E-state index in [2.05, 4.69) is 31.6 Å². The number of hydrogen-bond donors (Lipinski definition) is 7. The first-order valence-corrected chi connectivity index (χ1v) is 17.9. The maximum Gasteiger partial charge on any atom is 0.247 e. The maximum atomic E-state index is 14.0. The molecule has 0 bridgehead atoms. The third kappa shape index (κ3) is 9.79. The summed E-state index contributed by atoms with van der Waals surface area (Å²) in [5, 5.41) is 23.3. The number of nitrogens with one attached hydrogen (secondary N) is 5. The second kappa shape index (κ2) is 16.4. The second-order valence-corrected chi connectivity index (χ2v) is 15.0. The lowest BCUT2D eigenvalue weighted by molar-refractivity contribution is -0.144. The number of aromatic nitrogens is 1. The fraction of sp³-hybridized carbons (Fsp3) is 0.500. The molecule has 1 aromatic carbocycles. The number of nitrogens with zero attached hydrogens (tertiary/aromatic N) is 2. The number of aryl methyl sites for hydroxylation is 1. The highest BCUT2D eigenvalue weighted by Gasteiger charge is 2.45. The quantitative estimate of drug-likeness (QED) is 0.197. The van der Waals surface area contributed by atoms with E-state index in [0.717, 1.165) is 27.9 Å². The van der Waals surface area contributed by atoms with Crippen molar-refractivity contribution in [3.63, 3.8) is 0 Å². The second-order valence-electron chi connectivity index (χ2n) is 13.1. The molecule has 7 amide bonds. The van der Waals surface area contributed by atoms with E-state index in [-0.39, 0.29) is 24.5 Å². The van der Waals surface area contributed by atoms with Crippen molar-refractivity contribution in [2.45, 2.75) is 64.4 Å². The van der Waals surface area contributed by atoms with Crippen LogP contribution in [0.5, 0.6) is 0 Å². The van der Waals surface area contributed by atoms with Crippen LogP contribution in [0.4, 0.5) is 0 Å². The summed E-state index contributed by atoms with van der Waals surface area (Å²) in [5.74, 6) is -5.22. The molecule has 18 heteroatoms. The molecular weight excluding hydrogens is 689 g/mol. The van der Waals surface area contributed by atoms with Gasteiger partial charge in [-0.1, -0.05) is 45.0 Å². The lowest BCUT2D eigenvalue weighted by Gasteiger charge is -2.35. The van der Waals surface area contributed by atoms with Crippen molar-refractivity contribution < 1.29 is 38.7 Å². The Kier molecular flexibility index (Phi) is 12.6. The molecule has 2 aliphatic heterocycles. The van der Waals surface area contributed by atoms with E-state index < -0.39 is 90.1 Å². The van der Waals surface area contributed by atoms with E-state index in [1.807, 2.05) is 6.92 Å². The normalized spacial score (nSPS) is 25.3. The van der Waals surface area contributed by atoms with Gasteiger partial charge in [0.05, 0.1) is 41.0 Å². The molecule has 0 radical (unpaired) electrons. The topological polar surface area (TPSA) is 242 Å². The maximum absolute atomic E-state index is 14.0. The summed E-state index contributed by atoms with van der Waals surface area (Å²) in [4.78, 5) is 97.9. The minimum Gasteiger partial charge on any atom is -0.391 e. The van der Waals surface area contributed by atoms with Crippen LogP contribution < -0.4 is 32.3 Å². The van der Waals surface area contributed by atoms with Crippen LogP contribution in [0.1, 0.15) is 44.5 Å². The number of nitrogens with two attached hydrogens (primary N) is 1. The molecule has 1 aromatic heterocycles. The van der Waals surface area contributed by atoms with E-state index in [0.29, 0.717) is 5.56 Å². The lowest BCUT2D eigenvalue weighted by Crippen LogP contribution is -2.58. The molecule has 2 aliphatic rings. The Labute approximate surface area is 297 Å². The van der Waals surface area contributed by atoms with Gasteiger partial charge in [0.15, 0.2) is 0 Å². The summed E-state index contributed by atoms with van der Waals surface area (Å²) in [6.45, 7) is 5.80. The minimum atomic E-state index is -1.33. The van der Waals surface area contributed by atoms with Crippen LogP contribution in [0, 0.1) is 12.3 Å². The van der Waals surface area contributed by atoms with Gasteiger partial charge in [0.25, 0.3) is 0 Å². The number of aliphatic hydroxyl groups excluding tert-OH is 1. The van der Waals surface area contributed by atoms with Crippen LogP contribution in [-0.2, 0) is 33.6 Å². The lowest BCUT2D eigenvalue weighted by atomic mass is 9.85. The van der Waals surface area contributed by atoms with Crippen LogP contribution in [0.2, 0.25) is 0 Å². The van der Waals surface area contributed by atoms with Gasteiger partial charge in [0, 0.05) is 18.7 Å². The molecule has 2 aromatic rings. The Morgan fingerprint density at radius 2 is 1.62 bits per heavy atom. The van der Waals surface area contributed by atoms with E-state index in [4.69, 9.17) is 5.73 Å². The van der Waals surface area contributed by atoms with Crippen LogP contribution in [0.25, 0.3) is 10.4 Å². The van der Waals surface area contributed by atoms with Crippen LogP contribution in [0.3, 0.4) is 0 Å². The Bertz CT molecular complexity index is 1630. The average Bonchev–Trinajstić information content (AvgIpc) is 3.67. The van der Waals surface area contributed by atoms with E-state index in [1.165, 1.54) is 16.2 Å². The molecule has 270 valence electrons. The highest BCUT2D eigenvalue weighted by molar-refractivity contribution is 8.00. The van der Waals surface area contributed by atoms with Crippen molar-refractivity contribution in [3.8, 4) is 10.4 Å². The van der Waals surface area contributed by atoms with Gasteiger partial charge in [0.1, 0.15) is 24.2 Å². The molecule has 8 N–H and O–H groups in total. The molecule has 0 aliphatic carbocycles. The van der Waals surface area contributed by atoms with Gasteiger partial charge in [0.2, 0.25) is 41.4 Å². The number of carbonyl (C=O) groups excluding carboxylic acids is 7. The predicted molar refractivity (Wildman–Crippen MR) is 185 cm³/mol. The summed E-state index contributed by atoms with van der Waals surface area (Å²) in [5.41, 5.74) is 8.35. The van der Waals surface area contributed by atoms with E-state index in [9.17, 15) is 38.7 Å². The monoisotopic (exact) mass is 730 g/mol. The Morgan fingerprint density at radius 3 is 2.24 bits per heavy atom. The molecule has 50 heavy (non-hydrogen) atoms. The van der Waals surface area contributed by atoms with Crippen molar-refractivity contribution in [2.75, 3.05) is 31.1 Å². The van der Waals surface area contributed by atoms with Crippen molar-refractivity contribution in [2.24, 2.45) is 11.1 Å². The molecule has 2 saturated heterocycles. The zero-order valence-corrected chi connectivity index (χ0v) is 29.7. The van der Waals surface area contributed by atoms with E-state index >= 15 is 0 Å². The molecule has 4 rings (SSSR count). The van der Waals surface area contributed by atoms with Gasteiger partial charge >= 0.3 is 0 Å². The smallest absolute Gasteiger partial charge is 0.247 e. The number of thiazole rings is 1. The summed E-state index contributed by atoms with van der Waals surface area (Å²) in [7, 11) is 0. The minimum absolute atomic E-state index is 0.0701. The number of amides is 7. The largest absolute Gasteiger partial charge is 0.391 e. The molecule has 16 nitrogen and oxygen atoms in total. The Balaban J connectivity index is 1.66. The zero-order chi connectivity index (χ0) is 36.7. The standard InChI is InChI=1S/C32H42N8O8S2/c1-16-26(50-15-36-16)18-7-5-17(6-8-18)25-30(47)35-10-22(42)34-11-23(43)37-20(28(33)45)13-49-14-24(44)38-27(32(2,3)4)31(48)40-12-19(41)9-21(40)29(46)39-25/h5-8,15,19-21,25,27,41H,9-14H2,1-4H3,(H2,33,45)(H,34,42)(H,35,47)(H,37,43)(H,38,44)(H,39,46)/t19-,20+,21-,25+,27?/m0/s1. The van der Waals surface area contributed by atoms with Crippen LogP contribution in [0.15, 0.2) is 29.8 Å². The molecule has 1 unspecified atom stereocenters. The van der Waals surface area contributed by atoms with Gasteiger partial charge < -0.3 is 42.3 Å². The van der Waals surface area contributed by atoms with Gasteiger partial charge in [-0.25, -0.2) is 4.98 Å². The van der Waals surface area contributed by atoms with Crippen molar-refractivity contribution in [3.05, 3.63) is 41.0 Å². The number of benzene rings is 1. The molecule has 5 atom stereocenters. The number of thioether (sulfide) groups is 1. The molecule has 0 spiro atoms. The van der Waals surface area contributed by atoms with Gasteiger partial charge in [-0.2, -0.15) is 0 Å². The van der Waals surface area contributed by atoms with Crippen molar-refractivity contribution in [1.29, 1.82) is 0 Å². The number of rotatable bonds is 3. The number of fused-ring (bicyclic) bond motifs is 1. The molecule has 2 fully saturated rings. The fourth-order valence-electron chi connectivity index (χ4n) is 5.49. The molecule has 3 heterocycles. The van der Waals surface area contributed by atoms with Crippen molar-refractivity contribution >= 4 is 64.4 Å². The van der Waals surface area contributed by atoms with Gasteiger partial charge in [-0.15, -0.1) is 23.1 Å². The first-order chi connectivity index (χ1) is 23.5. The van der Waals surface area contributed by atoms with Gasteiger partial charge in [-0.05, 0) is 23.5 Å². The molecular formula is C32H42N8O8S2. The van der Waals surface area contributed by atoms with Crippen LogP contribution >= 0.6 is 23.1 Å². The molecule has 0 saturated carbocycles. The number of aliphatic hydroxyl groups is 1. The fourth-order valence-corrected chi connectivity index (χ4v) is 7.17. The summed E-state index contributed by atoms with van der Waals surface area (Å²) in [6, 6.07) is 2.04. The summed E-state index contributed by atoms with van der Waals surface area (Å²) in [6.07, 6.45) is -1.17. The Hall–Kier alpha value is -4.55. The van der Waals surface area contributed by atoms with Crippen LogP contribution in [-0.4, -0.2) is 112 Å². The first kappa shape index (κ1) is 38.3. The Morgan fingerprint density at radius 1 is 0.940 bits per heavy atom. The van der Waals surface area contributed by atoms with Crippen molar-refractivity contribution in [1.82, 2.24) is 36.5 Å². The van der Waals surface area contributed by atoms with Gasteiger partial charge in [-0.3, -0.25) is 33.6 Å². The third-order valence-corrected chi connectivity index (χ3v) is 10.2. The third-order valence-electron chi connectivity index (χ3n) is 8.15. The number of carbonyl (C=O) groups is 7. The highest BCUT2D eigenvalue weighted by Crippen LogP contribution is 2.30. The summed E-state index contributed by atoms with van der Waals surface area (Å²) < 4.78 is 0. The highest BCUT2D eigenvalue weighted by atomic mass is 32.2. The predicted octanol–water partition coefficient (Wildman–Crippen LogP) is -1.28. The average molecular weight is 731 g/mol. The summed E-state index contributed by atoms with van der Waals surface area (Å²) >= 11 is 2.44. The zero-order valence-electron chi connectivity index (χ0n) is 28.1. The number of hydrogen-bond acceptors (Lipinski definition) is 11. The number of primary amides is 1.